The lowest BCUT2D eigenvalue weighted by molar-refractivity contribution is 0.104. The second-order valence-corrected chi connectivity index (χ2v) is 10.2. The number of likely N-dealkylation sites (tertiary alicyclic amines) is 1. The van der Waals surface area contributed by atoms with Gasteiger partial charge in [-0.05, 0) is 67.0 Å². The summed E-state index contributed by atoms with van der Waals surface area (Å²) < 4.78 is 8.47. The van der Waals surface area contributed by atoms with Gasteiger partial charge in [0.05, 0.1) is 18.4 Å². The number of hydrogen-bond donors (Lipinski definition) is 3. The van der Waals surface area contributed by atoms with Crippen molar-refractivity contribution in [3.63, 3.8) is 0 Å². The van der Waals surface area contributed by atoms with Crippen LogP contribution in [0.4, 0.5) is 4.79 Å². The van der Waals surface area contributed by atoms with Gasteiger partial charge in [0.25, 0.3) is 0 Å². The molecule has 2 aromatic carbocycles. The van der Waals surface area contributed by atoms with Crippen molar-refractivity contribution < 1.29 is 19.7 Å². The second-order valence-electron chi connectivity index (χ2n) is 10.2. The Morgan fingerprint density at radius 3 is 2.61 bits per heavy atom. The number of nitrogens with zero attached hydrogens (tertiary/aromatic N) is 4. The molecule has 5 rings (SSSR count). The van der Waals surface area contributed by atoms with Crippen LogP contribution >= 0.6 is 0 Å². The minimum absolute atomic E-state index is 0.00228. The highest BCUT2D eigenvalue weighted by Gasteiger charge is 2.23. The number of phenols is 2. The molecule has 3 N–H and O–H groups in total. The Labute approximate surface area is 220 Å². The largest absolute Gasteiger partial charge is 0.508 e. The summed E-state index contributed by atoms with van der Waals surface area (Å²) in [5.41, 5.74) is 2.28. The fourth-order valence-electron chi connectivity index (χ4n) is 5.33. The van der Waals surface area contributed by atoms with E-state index in [1.54, 1.807) is 11.0 Å². The van der Waals surface area contributed by atoms with Crippen LogP contribution in [-0.4, -0.2) is 60.7 Å². The van der Waals surface area contributed by atoms with Crippen molar-refractivity contribution >= 4 is 17.0 Å². The highest BCUT2D eigenvalue weighted by Crippen LogP contribution is 2.37. The average molecular weight is 520 g/mol. The fourth-order valence-corrected chi connectivity index (χ4v) is 5.33. The molecule has 0 saturated carbocycles. The molecule has 38 heavy (non-hydrogen) atoms. The molecule has 10 heteroatoms. The topological polar surface area (TPSA) is 126 Å². The molecule has 1 saturated heterocycles. The number of amides is 1. The first-order chi connectivity index (χ1) is 18.3. The number of aromatic nitrogens is 4. The lowest BCUT2D eigenvalue weighted by Gasteiger charge is -2.31. The Kier molecular flexibility index (Phi) is 6.88. The summed E-state index contributed by atoms with van der Waals surface area (Å²) in [4.78, 5) is 26.3. The van der Waals surface area contributed by atoms with E-state index in [4.69, 9.17) is 4.74 Å². The quantitative estimate of drug-likeness (QED) is 0.342. The lowest BCUT2D eigenvalue weighted by Crippen LogP contribution is -2.38. The van der Waals surface area contributed by atoms with Crippen LogP contribution in [0.5, 0.6) is 11.5 Å². The number of H-pyrrole nitrogens is 1. The van der Waals surface area contributed by atoms with Crippen LogP contribution in [0.25, 0.3) is 28.0 Å². The third-order valence-electron chi connectivity index (χ3n) is 7.52. The number of hydrogen-bond acceptors (Lipinski definition) is 6. The first-order valence-corrected chi connectivity index (χ1v) is 12.9. The number of carbonyl (C=O) groups excluding carboxylic acids is 1. The van der Waals surface area contributed by atoms with Gasteiger partial charge < -0.3 is 24.4 Å². The molecule has 1 fully saturated rings. The Morgan fingerprint density at radius 2 is 1.89 bits per heavy atom. The van der Waals surface area contributed by atoms with E-state index < -0.39 is 5.69 Å². The van der Waals surface area contributed by atoms with Crippen molar-refractivity contribution in [2.75, 3.05) is 20.2 Å². The van der Waals surface area contributed by atoms with E-state index in [0.717, 1.165) is 49.8 Å². The molecule has 200 valence electrons. The molecular weight excluding hydrogens is 486 g/mol. The predicted octanol–water partition coefficient (Wildman–Crippen LogP) is 4.59. The van der Waals surface area contributed by atoms with Crippen LogP contribution in [0.3, 0.4) is 0 Å². The van der Waals surface area contributed by atoms with Crippen LogP contribution in [0.15, 0.2) is 47.4 Å². The third kappa shape index (κ3) is 4.73. The normalized spacial score (nSPS) is 14.5. The van der Waals surface area contributed by atoms with Gasteiger partial charge in [-0.25, -0.2) is 19.3 Å². The van der Waals surface area contributed by atoms with E-state index in [-0.39, 0.29) is 29.3 Å². The van der Waals surface area contributed by atoms with Crippen LogP contribution < -0.4 is 5.69 Å². The standard InChI is InChI=1S/C28H33N5O5/c1-17(2)21-15-22(25(35)16-24(21)34)26-29-30-27(36)33(26)20-4-5-23-19(14-20)9-13-31(23)10-6-18-7-11-32(12-8-18)28(37)38-3/h4-5,9,13-18,34-35H,6-8,10-12H2,1-3H3,(H,30,36). The highest BCUT2D eigenvalue weighted by molar-refractivity contribution is 5.83. The van der Waals surface area contributed by atoms with Gasteiger partial charge in [-0.15, -0.1) is 0 Å². The van der Waals surface area contributed by atoms with E-state index in [1.807, 2.05) is 38.1 Å². The number of rotatable bonds is 6. The number of fused-ring (bicyclic) bond motifs is 1. The molecule has 2 aromatic heterocycles. The molecule has 0 radical (unpaired) electrons. The van der Waals surface area contributed by atoms with Crippen LogP contribution in [-0.2, 0) is 11.3 Å². The number of methoxy groups -OCH3 is 1. The molecule has 4 aromatic rings. The summed E-state index contributed by atoms with van der Waals surface area (Å²) in [6.07, 6.45) is 4.75. The number of piperidine rings is 1. The number of ether oxygens (including phenoxy) is 1. The van der Waals surface area contributed by atoms with E-state index in [9.17, 15) is 19.8 Å². The zero-order valence-corrected chi connectivity index (χ0v) is 21.8. The third-order valence-corrected chi connectivity index (χ3v) is 7.52. The summed E-state index contributed by atoms with van der Waals surface area (Å²) >= 11 is 0. The summed E-state index contributed by atoms with van der Waals surface area (Å²) in [5, 5.41) is 28.5. The Hall–Kier alpha value is -4.21. The molecule has 0 unspecified atom stereocenters. The SMILES string of the molecule is COC(=O)N1CCC(CCn2ccc3cc(-n4c(-c5cc(C(C)C)c(O)cc5O)n[nH]c4=O)ccc32)CC1. The number of aromatic hydroxyl groups is 2. The van der Waals surface area contributed by atoms with Gasteiger partial charge in [0.15, 0.2) is 5.82 Å². The van der Waals surface area contributed by atoms with Crippen molar-refractivity contribution in [3.8, 4) is 28.6 Å². The monoisotopic (exact) mass is 519 g/mol. The van der Waals surface area contributed by atoms with E-state index in [1.165, 1.54) is 17.7 Å². The summed E-state index contributed by atoms with van der Waals surface area (Å²) in [5.74, 6) is 0.684. The first kappa shape index (κ1) is 25.4. The number of aryl methyl sites for hydroxylation is 1. The fraction of sp³-hybridized carbons (Fsp3) is 0.393. The molecule has 0 bridgehead atoms. The Bertz CT molecular complexity index is 1520. The highest BCUT2D eigenvalue weighted by atomic mass is 16.5. The zero-order chi connectivity index (χ0) is 27.0. The van der Waals surface area contributed by atoms with E-state index >= 15 is 0 Å². The predicted molar refractivity (Wildman–Crippen MR) is 144 cm³/mol. The van der Waals surface area contributed by atoms with Gasteiger partial charge in [-0.3, -0.25) is 0 Å². The molecule has 10 nitrogen and oxygen atoms in total. The van der Waals surface area contributed by atoms with Gasteiger partial charge in [0.2, 0.25) is 0 Å². The lowest BCUT2D eigenvalue weighted by atomic mass is 9.94. The maximum Gasteiger partial charge on any atom is 0.409 e. The van der Waals surface area contributed by atoms with Crippen LogP contribution in [0.1, 0.15) is 44.6 Å². The number of benzene rings is 2. The summed E-state index contributed by atoms with van der Waals surface area (Å²) in [7, 11) is 1.42. The maximum atomic E-state index is 12.8. The zero-order valence-electron chi connectivity index (χ0n) is 21.8. The molecule has 0 atom stereocenters. The van der Waals surface area contributed by atoms with Crippen molar-refractivity contribution in [1.82, 2.24) is 24.2 Å². The van der Waals surface area contributed by atoms with Crippen LogP contribution in [0.2, 0.25) is 0 Å². The molecule has 0 spiro atoms. The molecule has 1 aliphatic rings. The number of carbonyl (C=O) groups is 1. The number of aromatic amines is 1. The minimum atomic E-state index is -0.421. The van der Waals surface area contributed by atoms with Gasteiger partial charge in [-0.1, -0.05) is 13.8 Å². The van der Waals surface area contributed by atoms with E-state index in [0.29, 0.717) is 22.7 Å². The Morgan fingerprint density at radius 1 is 1.13 bits per heavy atom. The molecule has 3 heterocycles. The van der Waals surface area contributed by atoms with Gasteiger partial charge in [-0.2, -0.15) is 5.10 Å². The van der Waals surface area contributed by atoms with Crippen molar-refractivity contribution in [2.24, 2.45) is 5.92 Å². The molecule has 1 amide bonds. The van der Waals surface area contributed by atoms with Crippen LogP contribution in [0, 0.1) is 5.92 Å². The average Bonchev–Trinajstić information content (AvgIpc) is 3.49. The minimum Gasteiger partial charge on any atom is -0.508 e. The second kappa shape index (κ2) is 10.3. The van der Waals surface area contributed by atoms with Gasteiger partial charge in [0.1, 0.15) is 11.5 Å². The molecule has 1 aliphatic heterocycles. The number of phenolic OH excluding ortho intramolecular Hbond substituents is 2. The Balaban J connectivity index is 1.38. The smallest absolute Gasteiger partial charge is 0.409 e. The first-order valence-electron chi connectivity index (χ1n) is 12.9. The maximum absolute atomic E-state index is 12.8. The van der Waals surface area contributed by atoms with Gasteiger partial charge in [0, 0.05) is 42.8 Å². The summed E-state index contributed by atoms with van der Waals surface area (Å²) in [6, 6.07) is 10.8. The molecule has 0 aliphatic carbocycles. The summed E-state index contributed by atoms with van der Waals surface area (Å²) in [6.45, 7) is 6.20. The molecular formula is C28H33N5O5. The number of nitrogens with one attached hydrogen (secondary N) is 1. The van der Waals surface area contributed by atoms with Crippen molar-refractivity contribution in [2.45, 2.75) is 45.6 Å². The van der Waals surface area contributed by atoms with E-state index in [2.05, 4.69) is 21.0 Å². The van der Waals surface area contributed by atoms with Crippen molar-refractivity contribution in [1.29, 1.82) is 0 Å². The van der Waals surface area contributed by atoms with Crippen molar-refractivity contribution in [3.05, 3.63) is 58.6 Å². The van der Waals surface area contributed by atoms with Gasteiger partial charge >= 0.3 is 11.8 Å².